The van der Waals surface area contributed by atoms with Crippen LogP contribution in [0.3, 0.4) is 0 Å². The first-order chi connectivity index (χ1) is 9.71. The predicted octanol–water partition coefficient (Wildman–Crippen LogP) is 0.691. The molecule has 20 heavy (non-hydrogen) atoms. The van der Waals surface area contributed by atoms with Crippen LogP contribution in [0.2, 0.25) is 0 Å². The number of nitrogens with one attached hydrogen (secondary N) is 1. The molecule has 0 saturated heterocycles. The number of hydrogen-bond acceptors (Lipinski definition) is 4. The van der Waals surface area contributed by atoms with Gasteiger partial charge in [-0.3, -0.25) is 4.79 Å². The zero-order valence-electron chi connectivity index (χ0n) is 11.6. The number of hydrogen-bond donors (Lipinski definition) is 2. The first-order valence-electron chi connectivity index (χ1n) is 6.68. The molecule has 0 aliphatic heterocycles. The van der Waals surface area contributed by atoms with Crippen LogP contribution < -0.4 is 11.1 Å². The minimum atomic E-state index is -0.227. The van der Waals surface area contributed by atoms with Crippen LogP contribution in [0.4, 0.5) is 0 Å². The molecule has 106 valence electrons. The summed E-state index contributed by atoms with van der Waals surface area (Å²) in [6.07, 6.45) is 4.68. The molecule has 1 aliphatic rings. The van der Waals surface area contributed by atoms with E-state index < -0.39 is 0 Å². The maximum absolute atomic E-state index is 12.2. The van der Waals surface area contributed by atoms with Crippen LogP contribution in [0.15, 0.2) is 18.3 Å². The smallest absolute Gasteiger partial charge is 0.271 e. The highest BCUT2D eigenvalue weighted by Gasteiger charge is 2.37. The van der Waals surface area contributed by atoms with Gasteiger partial charge in [-0.15, -0.1) is 0 Å². The largest absolute Gasteiger partial charge is 0.376 e. The van der Waals surface area contributed by atoms with Crippen LogP contribution in [-0.2, 0) is 4.74 Å². The number of methoxy groups -OCH3 is 1. The number of amides is 1. The number of aromatic nitrogens is 1. The lowest BCUT2D eigenvalue weighted by atomic mass is 9.80. The molecular weight excluding hydrogens is 254 g/mol. The zero-order chi connectivity index (χ0) is 14.4. The quantitative estimate of drug-likeness (QED) is 0.791. The van der Waals surface area contributed by atoms with E-state index in [2.05, 4.69) is 22.1 Å². The maximum atomic E-state index is 12.2. The highest BCUT2D eigenvalue weighted by atomic mass is 16.5. The Balaban J connectivity index is 2.05. The predicted molar refractivity (Wildman–Crippen MR) is 76.1 cm³/mol. The van der Waals surface area contributed by atoms with Gasteiger partial charge in [-0.25, -0.2) is 4.98 Å². The molecule has 1 heterocycles. The van der Waals surface area contributed by atoms with Crippen LogP contribution in [0, 0.1) is 11.8 Å². The molecule has 1 aliphatic carbocycles. The van der Waals surface area contributed by atoms with E-state index in [0.717, 1.165) is 19.3 Å². The molecule has 1 aromatic rings. The second-order valence-electron chi connectivity index (χ2n) is 4.83. The Morgan fingerprint density at radius 2 is 2.40 bits per heavy atom. The molecule has 5 nitrogen and oxygen atoms in total. The number of nitrogens with zero attached hydrogens (tertiary/aromatic N) is 1. The third-order valence-corrected chi connectivity index (χ3v) is 3.62. The van der Waals surface area contributed by atoms with Crippen LogP contribution in [0.25, 0.3) is 0 Å². The number of carbonyl (C=O) groups is 1. The number of rotatable bonds is 4. The van der Waals surface area contributed by atoms with Gasteiger partial charge < -0.3 is 15.8 Å². The standard InChI is InChI=1S/C15H19N3O2/c1-20-15(7-4-8-15)11-18-14(19)13-12(5-2-9-16)6-3-10-17-13/h3,6,10H,4,7-9,11,16H2,1H3,(H,18,19). The second-order valence-corrected chi connectivity index (χ2v) is 4.83. The van der Waals surface area contributed by atoms with Crippen LogP contribution in [-0.4, -0.2) is 36.7 Å². The Hall–Kier alpha value is -1.90. The number of nitrogens with two attached hydrogens (primary N) is 1. The fourth-order valence-electron chi connectivity index (χ4n) is 2.18. The third-order valence-electron chi connectivity index (χ3n) is 3.62. The summed E-state index contributed by atoms with van der Waals surface area (Å²) in [6.45, 7) is 0.755. The average molecular weight is 273 g/mol. The van der Waals surface area contributed by atoms with Gasteiger partial charge in [-0.05, 0) is 31.4 Å². The summed E-state index contributed by atoms with van der Waals surface area (Å²) < 4.78 is 5.48. The van der Waals surface area contributed by atoms with Gasteiger partial charge in [0.1, 0.15) is 5.69 Å². The van der Waals surface area contributed by atoms with E-state index in [-0.39, 0.29) is 18.1 Å². The van der Waals surface area contributed by atoms with Gasteiger partial charge >= 0.3 is 0 Å². The summed E-state index contributed by atoms with van der Waals surface area (Å²) in [6, 6.07) is 3.51. The lowest BCUT2D eigenvalue weighted by Gasteiger charge is -2.40. The zero-order valence-corrected chi connectivity index (χ0v) is 11.6. The Labute approximate surface area is 118 Å². The Morgan fingerprint density at radius 1 is 1.60 bits per heavy atom. The third kappa shape index (κ3) is 3.16. The molecule has 0 spiro atoms. The number of pyridine rings is 1. The Morgan fingerprint density at radius 3 is 3.00 bits per heavy atom. The number of ether oxygens (including phenoxy) is 1. The van der Waals surface area contributed by atoms with Crippen molar-refractivity contribution in [2.75, 3.05) is 20.2 Å². The van der Waals surface area contributed by atoms with Gasteiger partial charge in [0.25, 0.3) is 5.91 Å². The summed E-state index contributed by atoms with van der Waals surface area (Å²) in [5, 5.41) is 2.88. The first-order valence-corrected chi connectivity index (χ1v) is 6.68. The van der Waals surface area contributed by atoms with E-state index in [1.165, 1.54) is 0 Å². The van der Waals surface area contributed by atoms with Crippen molar-refractivity contribution >= 4 is 5.91 Å². The number of carbonyl (C=O) groups excluding carboxylic acids is 1. The molecule has 1 aromatic heterocycles. The van der Waals surface area contributed by atoms with Crippen LogP contribution in [0.5, 0.6) is 0 Å². The summed E-state index contributed by atoms with van der Waals surface area (Å²) in [4.78, 5) is 16.3. The van der Waals surface area contributed by atoms with Crippen molar-refractivity contribution in [1.82, 2.24) is 10.3 Å². The molecule has 1 saturated carbocycles. The SMILES string of the molecule is COC1(CNC(=O)c2ncccc2C#CCN)CCC1. The molecule has 3 N–H and O–H groups in total. The summed E-state index contributed by atoms with van der Waals surface area (Å²) in [5.74, 6) is 5.38. The van der Waals surface area contributed by atoms with E-state index >= 15 is 0 Å². The van der Waals surface area contributed by atoms with Crippen molar-refractivity contribution in [2.24, 2.45) is 5.73 Å². The minimum absolute atomic E-state index is 0.201. The van der Waals surface area contributed by atoms with Crippen molar-refractivity contribution in [1.29, 1.82) is 0 Å². The average Bonchev–Trinajstić information content (AvgIpc) is 2.44. The van der Waals surface area contributed by atoms with E-state index in [1.54, 1.807) is 25.4 Å². The van der Waals surface area contributed by atoms with Gasteiger partial charge in [0.2, 0.25) is 0 Å². The lowest BCUT2D eigenvalue weighted by molar-refractivity contribution is -0.0679. The van der Waals surface area contributed by atoms with Gasteiger partial charge in [-0.2, -0.15) is 0 Å². The van der Waals surface area contributed by atoms with Crippen LogP contribution in [0.1, 0.15) is 35.3 Å². The molecule has 2 rings (SSSR count). The van der Waals surface area contributed by atoms with Crippen molar-refractivity contribution in [2.45, 2.75) is 24.9 Å². The molecule has 0 radical (unpaired) electrons. The van der Waals surface area contributed by atoms with Gasteiger partial charge in [0.05, 0.1) is 17.7 Å². The summed E-state index contributed by atoms with van der Waals surface area (Å²) >= 11 is 0. The Kier molecular flexibility index (Phi) is 4.72. The van der Waals surface area contributed by atoms with E-state index in [9.17, 15) is 4.79 Å². The highest BCUT2D eigenvalue weighted by molar-refractivity contribution is 5.94. The van der Waals surface area contributed by atoms with Crippen molar-refractivity contribution in [3.63, 3.8) is 0 Å². The van der Waals surface area contributed by atoms with Crippen LogP contribution >= 0.6 is 0 Å². The molecule has 1 fully saturated rings. The minimum Gasteiger partial charge on any atom is -0.376 e. The highest BCUT2D eigenvalue weighted by Crippen LogP contribution is 2.34. The molecule has 5 heteroatoms. The summed E-state index contributed by atoms with van der Waals surface area (Å²) in [7, 11) is 1.68. The normalized spacial score (nSPS) is 15.7. The van der Waals surface area contributed by atoms with E-state index in [0.29, 0.717) is 17.8 Å². The van der Waals surface area contributed by atoms with Crippen molar-refractivity contribution in [3.05, 3.63) is 29.6 Å². The molecule has 0 unspecified atom stereocenters. The topological polar surface area (TPSA) is 77.2 Å². The molecule has 0 atom stereocenters. The lowest BCUT2D eigenvalue weighted by Crippen LogP contribution is -2.49. The van der Waals surface area contributed by atoms with Crippen molar-refractivity contribution in [3.8, 4) is 11.8 Å². The molecular formula is C15H19N3O2. The van der Waals surface area contributed by atoms with Gasteiger partial charge in [0.15, 0.2) is 0 Å². The van der Waals surface area contributed by atoms with E-state index in [4.69, 9.17) is 10.5 Å². The molecule has 1 amide bonds. The fourth-order valence-corrected chi connectivity index (χ4v) is 2.18. The Bertz CT molecular complexity index is 536. The maximum Gasteiger partial charge on any atom is 0.271 e. The first kappa shape index (κ1) is 14.5. The fraction of sp³-hybridized carbons (Fsp3) is 0.467. The van der Waals surface area contributed by atoms with E-state index in [1.807, 2.05) is 0 Å². The van der Waals surface area contributed by atoms with Gasteiger partial charge in [-0.1, -0.05) is 11.8 Å². The second kappa shape index (κ2) is 6.51. The molecule has 0 aromatic carbocycles. The van der Waals surface area contributed by atoms with Crippen molar-refractivity contribution < 1.29 is 9.53 Å². The molecule has 0 bridgehead atoms. The summed E-state index contributed by atoms with van der Waals surface area (Å²) in [5.41, 5.74) is 6.08. The van der Waals surface area contributed by atoms with Gasteiger partial charge in [0, 0.05) is 19.9 Å². The monoisotopic (exact) mass is 273 g/mol.